The van der Waals surface area contributed by atoms with E-state index in [4.69, 9.17) is 0 Å². The van der Waals surface area contributed by atoms with Gasteiger partial charge in [0, 0.05) is 11.8 Å². The first-order valence-electron chi connectivity index (χ1n) is 12.4. The van der Waals surface area contributed by atoms with Crippen LogP contribution in [-0.4, -0.2) is 4.90 Å². The van der Waals surface area contributed by atoms with E-state index in [1.807, 2.05) is 4.90 Å². The second-order valence-electron chi connectivity index (χ2n) is 10.0. The highest BCUT2D eigenvalue weighted by atomic mass is 15.1. The minimum Gasteiger partial charge on any atom is -0.302 e. The second-order valence-corrected chi connectivity index (χ2v) is 10.0. The van der Waals surface area contributed by atoms with Crippen LogP contribution in [0.5, 0.6) is 0 Å². The highest BCUT2D eigenvalue weighted by molar-refractivity contribution is 5.80. The fraction of sp³-hybridized carbons (Fsp3) is 0.219. The van der Waals surface area contributed by atoms with Crippen molar-refractivity contribution < 1.29 is 0 Å². The van der Waals surface area contributed by atoms with Gasteiger partial charge in [-0.2, -0.15) is 5.26 Å². The normalized spacial score (nSPS) is 19.7. The predicted octanol–water partition coefficient (Wildman–Crippen LogP) is 7.58. The summed E-state index contributed by atoms with van der Waals surface area (Å²) in [6.07, 6.45) is 5.98. The lowest BCUT2D eigenvalue weighted by Gasteiger charge is -2.20. The Morgan fingerprint density at radius 3 is 1.56 bits per heavy atom. The fourth-order valence-electron chi connectivity index (χ4n) is 6.62. The van der Waals surface area contributed by atoms with Gasteiger partial charge in [0.05, 0.1) is 13.1 Å². The molecule has 4 heterocycles. The van der Waals surface area contributed by atoms with Gasteiger partial charge in [-0.25, -0.2) is 0 Å². The van der Waals surface area contributed by atoms with E-state index in [1.165, 1.54) is 74.9 Å². The summed E-state index contributed by atoms with van der Waals surface area (Å²) in [6, 6.07) is 31.6. The molecule has 34 heavy (non-hydrogen) atoms. The Hall–Kier alpha value is -3.83. The highest BCUT2D eigenvalue weighted by Crippen LogP contribution is 2.50. The monoisotopic (exact) mass is 438 g/mol. The van der Waals surface area contributed by atoms with Crippen molar-refractivity contribution in [3.8, 4) is 28.4 Å². The number of nitriles is 1. The van der Waals surface area contributed by atoms with Crippen molar-refractivity contribution >= 4 is 0 Å². The Kier molecular flexibility index (Phi) is 4.39. The summed E-state index contributed by atoms with van der Waals surface area (Å²) >= 11 is 0. The summed E-state index contributed by atoms with van der Waals surface area (Å²) in [5, 5.41) is 9.96. The Bertz CT molecular complexity index is 1370. The summed E-state index contributed by atoms with van der Waals surface area (Å²) in [5.41, 5.74) is 13.7. The first-order chi connectivity index (χ1) is 16.8. The van der Waals surface area contributed by atoms with Crippen molar-refractivity contribution in [1.82, 2.24) is 4.90 Å². The molecule has 0 saturated heterocycles. The van der Waals surface area contributed by atoms with E-state index in [0.29, 0.717) is 24.9 Å². The lowest BCUT2D eigenvalue weighted by Crippen LogP contribution is -2.17. The van der Waals surface area contributed by atoms with Crippen LogP contribution >= 0.6 is 0 Å². The van der Waals surface area contributed by atoms with Gasteiger partial charge in [-0.15, -0.1) is 0 Å². The summed E-state index contributed by atoms with van der Waals surface area (Å²) < 4.78 is 0. The van der Waals surface area contributed by atoms with Gasteiger partial charge in [-0.05, 0) is 80.6 Å². The molecule has 2 atom stereocenters. The van der Waals surface area contributed by atoms with E-state index < -0.39 is 0 Å². The van der Waals surface area contributed by atoms with Gasteiger partial charge in [0.1, 0.15) is 0 Å². The lowest BCUT2D eigenvalue weighted by molar-refractivity contribution is 0.378. The molecule has 0 radical (unpaired) electrons. The van der Waals surface area contributed by atoms with E-state index in [0.717, 1.165) is 0 Å². The van der Waals surface area contributed by atoms with Crippen molar-refractivity contribution in [2.24, 2.45) is 0 Å². The number of benzene rings is 4. The van der Waals surface area contributed by atoms with Crippen LogP contribution in [0.1, 0.15) is 64.5 Å². The van der Waals surface area contributed by atoms with Gasteiger partial charge in [-0.3, -0.25) is 0 Å². The number of fused-ring (bicyclic) bond motifs is 2. The van der Waals surface area contributed by atoms with Crippen LogP contribution in [0.2, 0.25) is 0 Å². The Balaban J connectivity index is 1.36. The Morgan fingerprint density at radius 2 is 1.06 bits per heavy atom. The molecular weight excluding hydrogens is 412 g/mol. The average Bonchev–Trinajstić information content (AvgIpc) is 3.36. The molecule has 2 heteroatoms. The molecule has 0 amide bonds. The molecule has 4 aromatic rings. The third-order valence-electron chi connectivity index (χ3n) is 8.11. The molecule has 0 saturated carbocycles. The van der Waals surface area contributed by atoms with Crippen LogP contribution in [0.15, 0.2) is 84.9 Å². The average molecular weight is 439 g/mol. The SMILES string of the molecule is N#CN1Cc2ccc3c(c2)-c2ccccc2C3CCCC2c3ccccc3-c3cc(ccc32)C1. The predicted molar refractivity (Wildman–Crippen MR) is 136 cm³/mol. The summed E-state index contributed by atoms with van der Waals surface area (Å²) in [4.78, 5) is 1.88. The van der Waals surface area contributed by atoms with Crippen LogP contribution in [0.4, 0.5) is 0 Å². The Morgan fingerprint density at radius 1 is 0.588 bits per heavy atom. The van der Waals surface area contributed by atoms with Crippen molar-refractivity contribution in [1.29, 1.82) is 5.26 Å². The van der Waals surface area contributed by atoms with E-state index in [1.54, 1.807) is 0 Å². The third-order valence-corrected chi connectivity index (χ3v) is 8.11. The molecule has 10 rings (SSSR count). The number of nitrogens with zero attached hydrogens (tertiary/aromatic N) is 2. The maximum absolute atomic E-state index is 9.96. The van der Waals surface area contributed by atoms with Crippen LogP contribution in [0.25, 0.3) is 22.3 Å². The molecule has 164 valence electrons. The Labute approximate surface area is 201 Å². The van der Waals surface area contributed by atoms with Gasteiger partial charge >= 0.3 is 0 Å². The molecule has 0 aromatic heterocycles. The summed E-state index contributed by atoms with van der Waals surface area (Å²) in [6.45, 7) is 1.26. The summed E-state index contributed by atoms with van der Waals surface area (Å²) in [5.74, 6) is 0.914. The molecule has 8 bridgehead atoms. The van der Waals surface area contributed by atoms with E-state index in [9.17, 15) is 5.26 Å². The smallest absolute Gasteiger partial charge is 0.179 e. The molecule has 6 aliphatic rings. The van der Waals surface area contributed by atoms with Crippen LogP contribution in [0.3, 0.4) is 0 Å². The minimum atomic E-state index is 0.457. The summed E-state index contributed by atoms with van der Waals surface area (Å²) in [7, 11) is 0. The highest BCUT2D eigenvalue weighted by Gasteiger charge is 2.31. The minimum absolute atomic E-state index is 0.457. The van der Waals surface area contributed by atoms with Gasteiger partial charge in [0.15, 0.2) is 6.19 Å². The van der Waals surface area contributed by atoms with Crippen LogP contribution < -0.4 is 0 Å². The van der Waals surface area contributed by atoms with Crippen molar-refractivity contribution in [3.05, 3.63) is 118 Å². The van der Waals surface area contributed by atoms with E-state index >= 15 is 0 Å². The lowest BCUT2D eigenvalue weighted by atomic mass is 9.86. The fourth-order valence-corrected chi connectivity index (χ4v) is 6.62. The number of rotatable bonds is 0. The van der Waals surface area contributed by atoms with Gasteiger partial charge in [-0.1, -0.05) is 79.2 Å². The first kappa shape index (κ1) is 19.6. The molecular formula is C32H26N2. The van der Waals surface area contributed by atoms with Crippen molar-refractivity contribution in [3.63, 3.8) is 0 Å². The molecule has 0 fully saturated rings. The van der Waals surface area contributed by atoms with Gasteiger partial charge in [0.25, 0.3) is 0 Å². The maximum Gasteiger partial charge on any atom is 0.179 e. The standard InChI is InChI=1S/C32H26N2/c33-20-34-18-21-12-14-29-25(23-6-1-3-8-27(23)31(29)16-21)10-5-11-26-24-7-2-4-9-28(24)32-17-22(19-34)13-15-30(26)32/h1-4,6-9,12-17,25-26H,5,10-11,18-19H2. The van der Waals surface area contributed by atoms with E-state index in [2.05, 4.69) is 91.1 Å². The molecule has 0 N–H and O–H groups in total. The zero-order valence-corrected chi connectivity index (χ0v) is 19.2. The van der Waals surface area contributed by atoms with E-state index in [-0.39, 0.29) is 0 Å². The molecule has 4 aromatic carbocycles. The van der Waals surface area contributed by atoms with Crippen LogP contribution in [0, 0.1) is 11.5 Å². The van der Waals surface area contributed by atoms with Crippen LogP contribution in [-0.2, 0) is 13.1 Å². The molecule has 4 aliphatic heterocycles. The van der Waals surface area contributed by atoms with Gasteiger partial charge in [0.2, 0.25) is 0 Å². The zero-order valence-electron chi connectivity index (χ0n) is 19.2. The van der Waals surface area contributed by atoms with Gasteiger partial charge < -0.3 is 4.90 Å². The largest absolute Gasteiger partial charge is 0.302 e. The quantitative estimate of drug-likeness (QED) is 0.265. The second kappa shape index (κ2) is 7.61. The number of hydrogen-bond acceptors (Lipinski definition) is 2. The molecule has 2 nitrogen and oxygen atoms in total. The maximum atomic E-state index is 9.96. The van der Waals surface area contributed by atoms with Crippen molar-refractivity contribution in [2.45, 2.75) is 44.2 Å². The molecule has 2 unspecified atom stereocenters. The first-order valence-corrected chi connectivity index (χ1v) is 12.4. The third kappa shape index (κ3) is 2.94. The number of hydrogen-bond donors (Lipinski definition) is 0. The topological polar surface area (TPSA) is 27.0 Å². The molecule has 2 aliphatic carbocycles. The zero-order chi connectivity index (χ0) is 22.6. The molecule has 0 spiro atoms. The van der Waals surface area contributed by atoms with Crippen molar-refractivity contribution in [2.75, 3.05) is 0 Å².